The lowest BCUT2D eigenvalue weighted by molar-refractivity contribution is 0.0764. The molecule has 0 atom stereocenters. The van der Waals surface area contributed by atoms with Gasteiger partial charge in [-0.05, 0) is 25.5 Å². The molecule has 94 valence electrons. The van der Waals surface area contributed by atoms with E-state index in [0.717, 1.165) is 13.0 Å². The summed E-state index contributed by atoms with van der Waals surface area (Å²) >= 11 is 5.88. The van der Waals surface area contributed by atoms with E-state index in [1.54, 1.807) is 24.1 Å². The first kappa shape index (κ1) is 13.8. The molecule has 0 spiro atoms. The van der Waals surface area contributed by atoms with E-state index in [2.05, 4.69) is 17.2 Å². The van der Waals surface area contributed by atoms with Gasteiger partial charge >= 0.3 is 0 Å². The van der Waals surface area contributed by atoms with Crippen LogP contribution < -0.4 is 5.32 Å². The molecule has 0 fully saturated rings. The van der Waals surface area contributed by atoms with Gasteiger partial charge in [0.05, 0.1) is 0 Å². The molecule has 1 N–H and O–H groups in total. The number of hydrogen-bond donors (Lipinski definition) is 1. The molecule has 0 aromatic carbocycles. The van der Waals surface area contributed by atoms with Gasteiger partial charge in [-0.3, -0.25) is 4.79 Å². The van der Waals surface area contributed by atoms with E-state index in [1.807, 2.05) is 6.92 Å². The third-order valence-electron chi connectivity index (χ3n) is 2.46. The first-order valence-corrected chi connectivity index (χ1v) is 6.14. The minimum absolute atomic E-state index is 0.00449. The molecule has 17 heavy (non-hydrogen) atoms. The van der Waals surface area contributed by atoms with Gasteiger partial charge in [-0.1, -0.05) is 18.5 Å². The van der Waals surface area contributed by atoms with Crippen LogP contribution in [0.15, 0.2) is 12.1 Å². The smallest absolute Gasteiger partial charge is 0.254 e. The molecular formula is C12H18ClN3O. The Kier molecular flexibility index (Phi) is 5.22. The topological polar surface area (TPSA) is 45.2 Å². The van der Waals surface area contributed by atoms with Crippen molar-refractivity contribution in [1.29, 1.82) is 0 Å². The summed E-state index contributed by atoms with van der Waals surface area (Å²) in [5.41, 5.74) is 0.574. The Bertz CT molecular complexity index is 395. The predicted molar refractivity (Wildman–Crippen MR) is 70.7 cm³/mol. The lowest BCUT2D eigenvalue weighted by Crippen LogP contribution is -2.31. The summed E-state index contributed by atoms with van der Waals surface area (Å²) in [4.78, 5) is 18.0. The fourth-order valence-electron chi connectivity index (χ4n) is 1.60. The van der Waals surface area contributed by atoms with Crippen molar-refractivity contribution in [2.75, 3.05) is 25.5 Å². The average molecular weight is 256 g/mol. The van der Waals surface area contributed by atoms with Crippen molar-refractivity contribution < 1.29 is 4.79 Å². The Balaban J connectivity index is 2.97. The van der Waals surface area contributed by atoms with Gasteiger partial charge in [-0.2, -0.15) is 0 Å². The Morgan fingerprint density at radius 3 is 2.71 bits per heavy atom. The normalized spacial score (nSPS) is 10.1. The van der Waals surface area contributed by atoms with Crippen LogP contribution in [0.2, 0.25) is 5.15 Å². The molecule has 0 aliphatic heterocycles. The van der Waals surface area contributed by atoms with Crippen LogP contribution in [0.25, 0.3) is 0 Å². The minimum atomic E-state index is -0.00449. The number of pyridine rings is 1. The Labute approximate surface area is 107 Å². The molecule has 5 heteroatoms. The summed E-state index contributed by atoms with van der Waals surface area (Å²) < 4.78 is 0. The van der Waals surface area contributed by atoms with E-state index in [0.29, 0.717) is 23.1 Å². The van der Waals surface area contributed by atoms with Gasteiger partial charge in [0.1, 0.15) is 11.0 Å². The molecule has 1 heterocycles. The van der Waals surface area contributed by atoms with E-state index >= 15 is 0 Å². The predicted octanol–water partition coefficient (Wildman–Crippen LogP) is 2.65. The second-order valence-electron chi connectivity index (χ2n) is 3.70. The molecule has 0 unspecified atom stereocenters. The highest BCUT2D eigenvalue weighted by molar-refractivity contribution is 6.29. The van der Waals surface area contributed by atoms with Crippen molar-refractivity contribution in [2.45, 2.75) is 20.3 Å². The van der Waals surface area contributed by atoms with E-state index in [9.17, 15) is 4.79 Å². The van der Waals surface area contributed by atoms with Gasteiger partial charge in [0, 0.05) is 25.7 Å². The zero-order valence-corrected chi connectivity index (χ0v) is 11.2. The van der Waals surface area contributed by atoms with Crippen molar-refractivity contribution in [1.82, 2.24) is 9.88 Å². The maximum Gasteiger partial charge on any atom is 0.254 e. The molecule has 0 radical (unpaired) electrons. The number of nitrogens with zero attached hydrogens (tertiary/aromatic N) is 2. The van der Waals surface area contributed by atoms with E-state index in [1.165, 1.54) is 0 Å². The summed E-state index contributed by atoms with van der Waals surface area (Å²) in [6.45, 7) is 5.47. The van der Waals surface area contributed by atoms with Crippen LogP contribution in [-0.4, -0.2) is 35.9 Å². The number of anilines is 1. The number of nitrogens with one attached hydrogen (secondary N) is 1. The SMILES string of the molecule is CCCN(CC)C(=O)c1cc(Cl)nc(NC)c1. The fraction of sp³-hybridized carbons (Fsp3) is 0.500. The van der Waals surface area contributed by atoms with Crippen LogP contribution in [-0.2, 0) is 0 Å². The zero-order valence-electron chi connectivity index (χ0n) is 10.5. The van der Waals surface area contributed by atoms with E-state index in [4.69, 9.17) is 11.6 Å². The highest BCUT2D eigenvalue weighted by atomic mass is 35.5. The first-order valence-electron chi connectivity index (χ1n) is 5.77. The zero-order chi connectivity index (χ0) is 12.8. The number of aromatic nitrogens is 1. The van der Waals surface area contributed by atoms with Crippen molar-refractivity contribution in [3.63, 3.8) is 0 Å². The van der Waals surface area contributed by atoms with Gasteiger partial charge in [-0.25, -0.2) is 4.98 Å². The summed E-state index contributed by atoms with van der Waals surface area (Å²) in [5.74, 6) is 0.601. The number of hydrogen-bond acceptors (Lipinski definition) is 3. The van der Waals surface area contributed by atoms with Crippen LogP contribution in [0.4, 0.5) is 5.82 Å². The minimum Gasteiger partial charge on any atom is -0.373 e. The second kappa shape index (κ2) is 6.45. The van der Waals surface area contributed by atoms with Crippen LogP contribution in [0.5, 0.6) is 0 Å². The van der Waals surface area contributed by atoms with Crippen molar-refractivity contribution in [2.24, 2.45) is 0 Å². The number of halogens is 1. The fourth-order valence-corrected chi connectivity index (χ4v) is 1.81. The van der Waals surface area contributed by atoms with Crippen molar-refractivity contribution in [3.05, 3.63) is 22.8 Å². The molecule has 0 saturated carbocycles. The Morgan fingerprint density at radius 1 is 1.47 bits per heavy atom. The van der Waals surface area contributed by atoms with Crippen LogP contribution in [0, 0.1) is 0 Å². The van der Waals surface area contributed by atoms with E-state index in [-0.39, 0.29) is 5.91 Å². The van der Waals surface area contributed by atoms with Gasteiger partial charge in [0.25, 0.3) is 5.91 Å². The van der Waals surface area contributed by atoms with Crippen molar-refractivity contribution >= 4 is 23.3 Å². The molecule has 0 aliphatic carbocycles. The number of carbonyl (C=O) groups excluding carboxylic acids is 1. The summed E-state index contributed by atoms with van der Waals surface area (Å²) in [7, 11) is 1.75. The van der Waals surface area contributed by atoms with Crippen LogP contribution in [0.1, 0.15) is 30.6 Å². The molecule has 0 bridgehead atoms. The molecule has 0 aliphatic rings. The average Bonchev–Trinajstić information content (AvgIpc) is 2.34. The maximum atomic E-state index is 12.2. The lowest BCUT2D eigenvalue weighted by atomic mass is 10.2. The van der Waals surface area contributed by atoms with E-state index < -0.39 is 0 Å². The molecule has 1 amide bonds. The molecular weight excluding hydrogens is 238 g/mol. The number of carbonyl (C=O) groups is 1. The summed E-state index contributed by atoms with van der Waals surface area (Å²) in [6, 6.07) is 3.32. The standard InChI is InChI=1S/C12H18ClN3O/c1-4-6-16(5-2)12(17)9-7-10(13)15-11(8-9)14-3/h7-8H,4-6H2,1-3H3,(H,14,15). The van der Waals surface area contributed by atoms with Gasteiger partial charge in [0.15, 0.2) is 0 Å². The molecule has 1 aromatic heterocycles. The van der Waals surface area contributed by atoms with Crippen LogP contribution in [0.3, 0.4) is 0 Å². The molecule has 4 nitrogen and oxygen atoms in total. The number of amides is 1. The Hall–Kier alpha value is -1.29. The third kappa shape index (κ3) is 3.60. The molecule has 1 rings (SSSR count). The van der Waals surface area contributed by atoms with Gasteiger partial charge in [-0.15, -0.1) is 0 Å². The summed E-state index contributed by atoms with van der Waals surface area (Å²) in [6.07, 6.45) is 0.942. The number of rotatable bonds is 5. The van der Waals surface area contributed by atoms with Gasteiger partial charge in [0.2, 0.25) is 0 Å². The molecule has 0 saturated heterocycles. The lowest BCUT2D eigenvalue weighted by Gasteiger charge is -2.20. The first-order chi connectivity index (χ1) is 8.12. The van der Waals surface area contributed by atoms with Gasteiger partial charge < -0.3 is 10.2 Å². The third-order valence-corrected chi connectivity index (χ3v) is 2.65. The van der Waals surface area contributed by atoms with Crippen molar-refractivity contribution in [3.8, 4) is 0 Å². The monoisotopic (exact) mass is 255 g/mol. The Morgan fingerprint density at radius 2 is 2.18 bits per heavy atom. The largest absolute Gasteiger partial charge is 0.373 e. The summed E-state index contributed by atoms with van der Waals surface area (Å²) in [5, 5.41) is 3.21. The highest BCUT2D eigenvalue weighted by Gasteiger charge is 2.14. The highest BCUT2D eigenvalue weighted by Crippen LogP contribution is 2.16. The van der Waals surface area contributed by atoms with Crippen LogP contribution >= 0.6 is 11.6 Å². The quantitative estimate of drug-likeness (QED) is 0.823. The molecule has 1 aromatic rings. The maximum absolute atomic E-state index is 12.2. The second-order valence-corrected chi connectivity index (χ2v) is 4.09.